The van der Waals surface area contributed by atoms with Gasteiger partial charge in [-0.1, -0.05) is 96.8 Å². The molecule has 0 aromatic carbocycles. The zero-order chi connectivity index (χ0) is 18.7. The molecule has 0 atom stereocenters. The van der Waals surface area contributed by atoms with E-state index in [-0.39, 0.29) is 5.91 Å². The van der Waals surface area contributed by atoms with Crippen LogP contribution in [0.2, 0.25) is 0 Å². The quantitative estimate of drug-likeness (QED) is 0.296. The van der Waals surface area contributed by atoms with E-state index in [9.17, 15) is 4.79 Å². The fourth-order valence-corrected chi connectivity index (χ4v) is 3.32. The predicted octanol–water partition coefficient (Wildman–Crippen LogP) is 7.28. The van der Waals surface area contributed by atoms with Gasteiger partial charge in [0.2, 0.25) is 5.91 Å². The first kappa shape index (κ1) is 22.7. The minimum atomic E-state index is 0.104. The van der Waals surface area contributed by atoms with E-state index >= 15 is 0 Å². The molecule has 0 unspecified atom stereocenters. The molecule has 0 aliphatic heterocycles. The number of hydrogen-bond donors (Lipinski definition) is 1. The van der Waals surface area contributed by atoms with Gasteiger partial charge in [-0.2, -0.15) is 0 Å². The third-order valence-electron chi connectivity index (χ3n) is 4.95. The molecule has 0 aliphatic rings. The van der Waals surface area contributed by atoms with Crippen LogP contribution in [0.4, 0.5) is 5.69 Å². The molecule has 26 heavy (non-hydrogen) atoms. The zero-order valence-corrected chi connectivity index (χ0v) is 17.0. The Morgan fingerprint density at radius 3 is 1.77 bits per heavy atom. The van der Waals surface area contributed by atoms with Gasteiger partial charge in [-0.25, -0.2) is 0 Å². The van der Waals surface area contributed by atoms with Gasteiger partial charge in [-0.15, -0.1) is 0 Å². The third kappa shape index (κ3) is 13.9. The molecule has 0 saturated heterocycles. The van der Waals surface area contributed by atoms with Crippen molar-refractivity contribution in [1.29, 1.82) is 0 Å². The van der Waals surface area contributed by atoms with Gasteiger partial charge in [-0.3, -0.25) is 9.78 Å². The first-order valence-electron chi connectivity index (χ1n) is 11.0. The minimum absolute atomic E-state index is 0.104. The number of hydrogen-bond acceptors (Lipinski definition) is 2. The molecule has 0 radical (unpaired) electrons. The summed E-state index contributed by atoms with van der Waals surface area (Å²) in [6.07, 6.45) is 24.3. The summed E-state index contributed by atoms with van der Waals surface area (Å²) >= 11 is 0. The molecule has 0 saturated carbocycles. The molecule has 1 N–H and O–H groups in total. The van der Waals surface area contributed by atoms with Crippen LogP contribution < -0.4 is 5.32 Å². The fraction of sp³-hybridized carbons (Fsp3) is 0.739. The smallest absolute Gasteiger partial charge is 0.224 e. The van der Waals surface area contributed by atoms with E-state index in [2.05, 4.69) is 17.2 Å². The molecule has 0 aliphatic carbocycles. The van der Waals surface area contributed by atoms with Gasteiger partial charge in [0.1, 0.15) is 0 Å². The van der Waals surface area contributed by atoms with E-state index < -0.39 is 0 Å². The van der Waals surface area contributed by atoms with Crippen molar-refractivity contribution in [3.05, 3.63) is 24.5 Å². The average Bonchev–Trinajstić information content (AvgIpc) is 2.65. The molecular weight excluding hydrogens is 320 g/mol. The molecule has 0 fully saturated rings. The molecule has 1 aromatic heterocycles. The van der Waals surface area contributed by atoms with E-state index in [1.165, 1.54) is 83.5 Å². The van der Waals surface area contributed by atoms with Crippen molar-refractivity contribution in [2.24, 2.45) is 0 Å². The maximum Gasteiger partial charge on any atom is 0.224 e. The number of amides is 1. The summed E-state index contributed by atoms with van der Waals surface area (Å²) in [7, 11) is 0. The molecule has 3 nitrogen and oxygen atoms in total. The summed E-state index contributed by atoms with van der Waals surface area (Å²) in [5.74, 6) is 0.104. The number of unbranched alkanes of at least 4 members (excludes halogenated alkanes) is 14. The summed E-state index contributed by atoms with van der Waals surface area (Å²) in [6, 6.07) is 3.71. The van der Waals surface area contributed by atoms with E-state index in [1.807, 2.05) is 12.1 Å². The van der Waals surface area contributed by atoms with Crippen LogP contribution in [0, 0.1) is 0 Å². The van der Waals surface area contributed by atoms with Crippen LogP contribution in [0.15, 0.2) is 24.5 Å². The van der Waals surface area contributed by atoms with Crippen molar-refractivity contribution in [3.63, 3.8) is 0 Å². The van der Waals surface area contributed by atoms with Gasteiger partial charge in [0.15, 0.2) is 0 Å². The number of rotatable bonds is 17. The van der Waals surface area contributed by atoms with Gasteiger partial charge < -0.3 is 5.32 Å². The molecule has 1 aromatic rings. The summed E-state index contributed by atoms with van der Waals surface area (Å²) < 4.78 is 0. The highest BCUT2D eigenvalue weighted by Crippen LogP contribution is 2.14. The Bertz CT molecular complexity index is 433. The Labute approximate surface area is 161 Å². The van der Waals surface area contributed by atoms with Crippen molar-refractivity contribution in [2.75, 3.05) is 5.32 Å². The van der Waals surface area contributed by atoms with Crippen LogP contribution in [-0.2, 0) is 4.79 Å². The monoisotopic (exact) mass is 360 g/mol. The van der Waals surface area contributed by atoms with E-state index in [4.69, 9.17) is 0 Å². The van der Waals surface area contributed by atoms with Crippen LogP contribution in [0.5, 0.6) is 0 Å². The fourth-order valence-electron chi connectivity index (χ4n) is 3.32. The summed E-state index contributed by atoms with van der Waals surface area (Å²) in [5, 5.41) is 2.89. The van der Waals surface area contributed by atoms with Gasteiger partial charge in [0, 0.05) is 12.6 Å². The summed E-state index contributed by atoms with van der Waals surface area (Å²) in [5.41, 5.74) is 0.790. The third-order valence-corrected chi connectivity index (χ3v) is 4.95. The SMILES string of the molecule is CCCCCCCCCCCCCCCCCC(=O)Nc1cccnc1. The van der Waals surface area contributed by atoms with Crippen LogP contribution in [0.1, 0.15) is 110 Å². The summed E-state index contributed by atoms with van der Waals surface area (Å²) in [6.45, 7) is 2.28. The van der Waals surface area contributed by atoms with Gasteiger partial charge in [-0.05, 0) is 18.6 Å². The van der Waals surface area contributed by atoms with Crippen molar-refractivity contribution in [3.8, 4) is 0 Å². The summed E-state index contributed by atoms with van der Waals surface area (Å²) in [4.78, 5) is 15.8. The Morgan fingerprint density at radius 2 is 1.31 bits per heavy atom. The minimum Gasteiger partial charge on any atom is -0.325 e. The molecule has 1 rings (SSSR count). The number of anilines is 1. The predicted molar refractivity (Wildman–Crippen MR) is 112 cm³/mol. The first-order valence-corrected chi connectivity index (χ1v) is 11.0. The standard InChI is InChI=1S/C23H40N2O/c1-2-3-4-5-6-7-8-9-10-11-12-13-14-15-16-19-23(26)25-22-18-17-20-24-21-22/h17-18,20-21H,2-16,19H2,1H3,(H,25,26). The molecule has 3 heteroatoms. The number of carbonyl (C=O) groups excluding carboxylic acids is 1. The van der Waals surface area contributed by atoms with Crippen molar-refractivity contribution < 1.29 is 4.79 Å². The lowest BCUT2D eigenvalue weighted by Crippen LogP contribution is -2.11. The van der Waals surface area contributed by atoms with Crippen molar-refractivity contribution in [2.45, 2.75) is 110 Å². The molecule has 148 valence electrons. The lowest BCUT2D eigenvalue weighted by atomic mass is 10.0. The highest BCUT2D eigenvalue weighted by Gasteiger charge is 2.02. The normalized spacial score (nSPS) is 10.8. The second-order valence-corrected chi connectivity index (χ2v) is 7.49. The number of pyridine rings is 1. The van der Waals surface area contributed by atoms with Gasteiger partial charge in [0.05, 0.1) is 11.9 Å². The van der Waals surface area contributed by atoms with Crippen LogP contribution in [0.25, 0.3) is 0 Å². The maximum atomic E-state index is 11.8. The number of aromatic nitrogens is 1. The largest absolute Gasteiger partial charge is 0.325 e. The number of nitrogens with zero attached hydrogens (tertiary/aromatic N) is 1. The number of carbonyl (C=O) groups is 1. The second-order valence-electron chi connectivity index (χ2n) is 7.49. The Balaban J connectivity index is 1.77. The van der Waals surface area contributed by atoms with Crippen LogP contribution in [0.3, 0.4) is 0 Å². The molecular formula is C23H40N2O. The van der Waals surface area contributed by atoms with Crippen molar-refractivity contribution in [1.82, 2.24) is 4.98 Å². The first-order chi connectivity index (χ1) is 12.8. The zero-order valence-electron chi connectivity index (χ0n) is 17.0. The Morgan fingerprint density at radius 1 is 0.808 bits per heavy atom. The molecule has 0 spiro atoms. The Hall–Kier alpha value is -1.38. The second kappa shape index (κ2) is 17.1. The molecule has 0 bridgehead atoms. The molecule has 1 amide bonds. The maximum absolute atomic E-state index is 11.8. The number of nitrogens with one attached hydrogen (secondary N) is 1. The van der Waals surface area contributed by atoms with Gasteiger partial charge in [0.25, 0.3) is 0 Å². The topological polar surface area (TPSA) is 42.0 Å². The van der Waals surface area contributed by atoms with Crippen LogP contribution in [-0.4, -0.2) is 10.9 Å². The van der Waals surface area contributed by atoms with Crippen LogP contribution >= 0.6 is 0 Å². The van der Waals surface area contributed by atoms with E-state index in [1.54, 1.807) is 12.4 Å². The lowest BCUT2D eigenvalue weighted by Gasteiger charge is -2.05. The van der Waals surface area contributed by atoms with Gasteiger partial charge >= 0.3 is 0 Å². The highest BCUT2D eigenvalue weighted by atomic mass is 16.1. The Kier molecular flexibility index (Phi) is 14.9. The molecule has 1 heterocycles. The van der Waals surface area contributed by atoms with Crippen molar-refractivity contribution >= 4 is 11.6 Å². The van der Waals surface area contributed by atoms with E-state index in [0.29, 0.717) is 6.42 Å². The highest BCUT2D eigenvalue weighted by molar-refractivity contribution is 5.90. The average molecular weight is 361 g/mol. The lowest BCUT2D eigenvalue weighted by molar-refractivity contribution is -0.116. The van der Waals surface area contributed by atoms with E-state index in [0.717, 1.165) is 18.5 Å².